The molecule has 14 rings (SSSR count). The van der Waals surface area contributed by atoms with Crippen LogP contribution in [0.25, 0.3) is 77.6 Å². The third kappa shape index (κ3) is 21.8. The Kier molecular flexibility index (Phi) is 33.8. The Morgan fingerprint density at radius 3 is 1.52 bits per heavy atom. The van der Waals surface area contributed by atoms with Gasteiger partial charge in [-0.15, -0.1) is 0 Å². The number of nitrogens with zero attached hydrogens (tertiary/aromatic N) is 11. The van der Waals surface area contributed by atoms with Gasteiger partial charge in [0.05, 0.1) is 48.7 Å². The summed E-state index contributed by atoms with van der Waals surface area (Å²) in [5, 5.41) is 21.0. The standard InChI is InChI=1S/C17H27ClN2Si.C13H17N3O2.C11H11ClN2O2.C9H7ClN2O.C8H7ClN2.C8H8N2O.C8H8N2.C2H5ClO.CH3ClO2S/c1-11(2)21(12(3)4,13(5)6)20-10-14(7)16-15(18)8-9-19-17(16)20;1-4-14-12-10(7-17)5-15-13-11(12)9(2)6-16(13)8-18-3;1-7-4-14(6-16-2)11-9(7)10(12)8(5-15)3-13-11;1-5-2-11-9-7(5)8(10)6(4-13)3-12-9;1-5-4-11-8-7(5)6(9)2-3-10-8;1-6-5-9-8-7(6)3-2-4-10(8)11;1-6-5-10-8-7(6)3-2-4-9-8;1-4-2-3;1-5(2,3)4/h8-13H,1-7H3;5-7H,4,8H2,1-3H3,(H,14,15);3-5H,6H2,1-2H3;2-4H,1H3,(H,11,12);2-4H,1H3,(H,10,11);2-5,11H,1H3;2-5H,1H3,(H,9,10);2H2,1H3;1H3. The van der Waals surface area contributed by atoms with Crippen LogP contribution in [0.15, 0.2) is 123 Å². The quantitative estimate of drug-likeness (QED) is 0.0222. The highest BCUT2D eigenvalue weighted by molar-refractivity contribution is 8.13. The summed E-state index contributed by atoms with van der Waals surface area (Å²) in [5.74, 6) is 0.616. The van der Waals surface area contributed by atoms with Gasteiger partial charge in [0, 0.05) is 163 Å². The Balaban J connectivity index is 0.000000197. The van der Waals surface area contributed by atoms with Crippen molar-refractivity contribution < 1.29 is 42.2 Å². The summed E-state index contributed by atoms with van der Waals surface area (Å²) in [7, 11) is 4.34. The molecule has 0 fully saturated rings. The van der Waals surface area contributed by atoms with E-state index in [2.05, 4.69) is 142 Å². The summed E-state index contributed by atoms with van der Waals surface area (Å²) in [5.41, 5.74) is 18.2. The number of aromatic nitrogens is 14. The lowest BCUT2D eigenvalue weighted by Gasteiger charge is -2.44. The fourth-order valence-corrected chi connectivity index (χ4v) is 20.9. The molecule has 0 aromatic carbocycles. The zero-order valence-corrected chi connectivity index (χ0v) is 70.5. The number of H-pyrrole nitrogens is 3. The second-order valence-corrected chi connectivity index (χ2v) is 36.6. The van der Waals surface area contributed by atoms with E-state index in [-0.39, 0.29) is 0 Å². The van der Waals surface area contributed by atoms with Gasteiger partial charge in [0.15, 0.2) is 32.9 Å². The van der Waals surface area contributed by atoms with Gasteiger partial charge in [-0.25, -0.2) is 43.3 Å². The average molecular weight is 1650 g/mol. The van der Waals surface area contributed by atoms with Gasteiger partial charge in [-0.1, -0.05) is 99.5 Å². The van der Waals surface area contributed by atoms with E-state index in [9.17, 15) is 28.0 Å². The van der Waals surface area contributed by atoms with Crippen molar-refractivity contribution in [2.75, 3.05) is 45.5 Å². The molecule has 0 spiro atoms. The molecule has 2 aliphatic rings. The van der Waals surface area contributed by atoms with Gasteiger partial charge in [0.2, 0.25) is 9.05 Å². The number of pyridine rings is 7. The van der Waals surface area contributed by atoms with Gasteiger partial charge in [-0.2, -0.15) is 4.73 Å². The fourth-order valence-electron chi connectivity index (χ4n) is 13.0. The molecule has 12 aromatic heterocycles. The molecule has 0 saturated heterocycles. The molecule has 0 bridgehead atoms. The number of carbonyl (C=O) groups excluding carboxylic acids is 3. The molecule has 0 unspecified atom stereocenters. The number of fused-ring (bicyclic) bond motifs is 7. The number of anilines is 1. The lowest BCUT2D eigenvalue weighted by Crippen LogP contribution is -2.51. The molecule has 24 nitrogen and oxygen atoms in total. The molecular weight excluding hydrogens is 1550 g/mol. The van der Waals surface area contributed by atoms with Crippen LogP contribution in [0.5, 0.6) is 0 Å². The Labute approximate surface area is 665 Å². The molecule has 109 heavy (non-hydrogen) atoms. The van der Waals surface area contributed by atoms with Crippen molar-refractivity contribution in [3.63, 3.8) is 0 Å². The molecule has 2 aliphatic heterocycles. The minimum absolute atomic E-state index is 0.292. The van der Waals surface area contributed by atoms with E-state index >= 15 is 0 Å². The monoisotopic (exact) mass is 1640 g/mol. The summed E-state index contributed by atoms with van der Waals surface area (Å²) in [6, 6.07) is 11.7. The summed E-state index contributed by atoms with van der Waals surface area (Å²) < 4.78 is 40.6. The van der Waals surface area contributed by atoms with Crippen LogP contribution in [0, 0.1) is 48.5 Å². The molecule has 0 saturated carbocycles. The molecule has 582 valence electrons. The number of ether oxygens (including phenoxy) is 3. The minimum atomic E-state index is -3.19. The fraction of sp³-hybridized carbons (Fsp3) is 0.325. The van der Waals surface area contributed by atoms with Crippen LogP contribution in [0.3, 0.4) is 0 Å². The van der Waals surface area contributed by atoms with Crippen molar-refractivity contribution in [1.29, 1.82) is 0 Å². The highest BCUT2D eigenvalue weighted by atomic mass is 35.7. The minimum Gasteiger partial charge on any atom is -0.427 e. The van der Waals surface area contributed by atoms with Crippen LogP contribution < -0.4 is 5.32 Å². The van der Waals surface area contributed by atoms with Crippen molar-refractivity contribution in [2.24, 2.45) is 0 Å². The number of aldehydes is 3. The molecular formula is C77H93Cl6N15O9SSi. The van der Waals surface area contributed by atoms with Crippen molar-refractivity contribution in [3.8, 4) is 11.4 Å². The number of methoxy groups -OCH3 is 3. The first kappa shape index (κ1) is 89.1. The lowest BCUT2D eigenvalue weighted by molar-refractivity contribution is 0.111. The predicted molar refractivity (Wildman–Crippen MR) is 446 cm³/mol. The maximum absolute atomic E-state index is 11.1. The number of alkyl halides is 1. The molecule has 0 amide bonds. The van der Waals surface area contributed by atoms with Gasteiger partial charge < -0.3 is 53.1 Å². The van der Waals surface area contributed by atoms with E-state index in [1.165, 1.54) is 28.9 Å². The first-order valence-electron chi connectivity index (χ1n) is 34.2. The van der Waals surface area contributed by atoms with E-state index in [1.807, 2.05) is 106 Å². The number of rotatable bonds is 14. The lowest BCUT2D eigenvalue weighted by atomic mass is 10.1. The van der Waals surface area contributed by atoms with Crippen LogP contribution in [-0.2, 0) is 36.7 Å². The SMILES string of the molecule is CCNc1c(C=O)cnc2c1c(C)cn2COC.COCCl.COCn1cc(C)c2c(Cl)c(C=O)cnc21.CS(=O)(=O)Cl.Cc1c[nH]c2ncc(C=O)c(Cl)c12.Cc1c[nH]c2nccc(Cl)c12.Cc1c[nH]c2ncccc12.Cc1cn([Si](C(C)C)(C(C)C)C(C)C)c2nccc(Cl)c12.Cc1cnc2n(O)cccc1-2. The smallest absolute Gasteiger partial charge is 0.229 e. The van der Waals surface area contributed by atoms with Crippen molar-refractivity contribution in [2.45, 2.75) is 127 Å². The Bertz CT molecular complexity index is 5410. The number of hydrogen-bond donors (Lipinski definition) is 5. The molecule has 32 heteroatoms. The van der Waals surface area contributed by atoms with Crippen LogP contribution in [0.2, 0.25) is 36.7 Å². The summed E-state index contributed by atoms with van der Waals surface area (Å²) in [6.07, 6.45) is 28.2. The van der Waals surface area contributed by atoms with Crippen molar-refractivity contribution in [1.82, 2.24) is 67.9 Å². The maximum atomic E-state index is 11.1. The largest absolute Gasteiger partial charge is 0.427 e. The zero-order valence-electron chi connectivity index (χ0n) is 64.1. The van der Waals surface area contributed by atoms with E-state index in [1.54, 1.807) is 64.4 Å². The molecule has 0 radical (unpaired) electrons. The van der Waals surface area contributed by atoms with Crippen LogP contribution in [-0.4, -0.2) is 149 Å². The van der Waals surface area contributed by atoms with Gasteiger partial charge in [0.25, 0.3) is 0 Å². The first-order valence-corrected chi connectivity index (χ1v) is 41.2. The van der Waals surface area contributed by atoms with Crippen molar-refractivity contribution >= 4 is 177 Å². The van der Waals surface area contributed by atoms with E-state index < -0.39 is 17.3 Å². The highest BCUT2D eigenvalue weighted by Crippen LogP contribution is 2.45. The van der Waals surface area contributed by atoms with Crippen LogP contribution in [0.4, 0.5) is 5.69 Å². The Hall–Kier alpha value is -8.77. The van der Waals surface area contributed by atoms with E-state index in [0.717, 1.165) is 128 Å². The van der Waals surface area contributed by atoms with Crippen molar-refractivity contribution in [3.05, 3.63) is 199 Å². The molecule has 0 aliphatic carbocycles. The first-order chi connectivity index (χ1) is 51.8. The van der Waals surface area contributed by atoms with Gasteiger partial charge >= 0.3 is 0 Å². The average Bonchev–Trinajstić information content (AvgIpc) is 1.63. The zero-order chi connectivity index (χ0) is 80.8. The number of nitrogens with one attached hydrogen (secondary N) is 4. The Morgan fingerprint density at radius 2 is 1.01 bits per heavy atom. The molecule has 5 N–H and O–H groups in total. The predicted octanol–water partition coefficient (Wildman–Crippen LogP) is 19.9. The van der Waals surface area contributed by atoms with Gasteiger partial charge in [0.1, 0.15) is 53.4 Å². The molecule has 0 atom stereocenters. The third-order valence-electron chi connectivity index (χ3n) is 17.5. The van der Waals surface area contributed by atoms with Gasteiger partial charge in [-0.3, -0.25) is 14.4 Å². The second-order valence-electron chi connectivity index (χ2n) is 26.0. The molecule has 14 heterocycles. The summed E-state index contributed by atoms with van der Waals surface area (Å²) >= 11 is 29.5. The topological polar surface area (TPSA) is 303 Å². The number of carbonyl (C=O) groups is 3. The summed E-state index contributed by atoms with van der Waals surface area (Å²) in [4.78, 5) is 71.1. The highest BCUT2D eigenvalue weighted by Gasteiger charge is 2.46. The number of aromatic amines is 3. The number of halogens is 6. The van der Waals surface area contributed by atoms with Crippen LogP contribution >= 0.6 is 68.7 Å². The van der Waals surface area contributed by atoms with E-state index in [4.69, 9.17) is 67.5 Å². The Morgan fingerprint density at radius 1 is 0.541 bits per heavy atom. The number of aryl methyl sites for hydroxylation is 7. The third-order valence-corrected chi connectivity index (χ3v) is 25.9. The maximum Gasteiger partial charge on any atom is 0.229 e. The molecule has 12 aromatic rings. The van der Waals surface area contributed by atoms with E-state index in [0.29, 0.717) is 86.9 Å². The number of hydrogen-bond acceptors (Lipinski definition) is 17. The second kappa shape index (κ2) is 41.3. The van der Waals surface area contributed by atoms with Crippen LogP contribution in [0.1, 0.15) is 118 Å². The normalized spacial score (nSPS) is 11.1. The summed E-state index contributed by atoms with van der Waals surface area (Å²) in [6.45, 7) is 31.9. The van der Waals surface area contributed by atoms with Gasteiger partial charge in [-0.05, 0) is 147 Å².